The van der Waals surface area contributed by atoms with E-state index in [2.05, 4.69) is 11.7 Å². The third-order valence-electron chi connectivity index (χ3n) is 4.72. The molecular weight excluding hydrogens is 300 g/mol. The van der Waals surface area contributed by atoms with Gasteiger partial charge >= 0.3 is 6.16 Å². The lowest BCUT2D eigenvalue weighted by Gasteiger charge is -2.04. The van der Waals surface area contributed by atoms with Crippen molar-refractivity contribution in [3.63, 3.8) is 0 Å². The van der Waals surface area contributed by atoms with Gasteiger partial charge in [0.05, 0.1) is 6.61 Å². The van der Waals surface area contributed by atoms with Gasteiger partial charge < -0.3 is 9.84 Å². The molecule has 0 aliphatic heterocycles. The highest BCUT2D eigenvalue weighted by Gasteiger charge is 1.97. The standard InChI is InChI=1S/C21H42O3/c1-2-3-4-5-6-7-8-9-10-11-12-13-14-15-16-17-18-19-20-24-21(22)23/h2-20H2,1H3,(H,22,23). The number of hydrogen-bond acceptors (Lipinski definition) is 2. The number of rotatable bonds is 19. The van der Waals surface area contributed by atoms with Crippen molar-refractivity contribution in [3.8, 4) is 0 Å². The van der Waals surface area contributed by atoms with Gasteiger partial charge in [-0.2, -0.15) is 0 Å². The second kappa shape index (κ2) is 20.3. The summed E-state index contributed by atoms with van der Waals surface area (Å²) < 4.78 is 4.49. The van der Waals surface area contributed by atoms with Gasteiger partial charge in [-0.05, 0) is 6.42 Å². The lowest BCUT2D eigenvalue weighted by Crippen LogP contribution is -2.01. The van der Waals surface area contributed by atoms with Crippen molar-refractivity contribution in [3.05, 3.63) is 0 Å². The van der Waals surface area contributed by atoms with Crippen LogP contribution in [0.1, 0.15) is 122 Å². The zero-order valence-corrected chi connectivity index (χ0v) is 16.2. The molecule has 0 aliphatic rings. The van der Waals surface area contributed by atoms with Crippen molar-refractivity contribution >= 4 is 6.16 Å². The number of unbranched alkanes of at least 4 members (excludes halogenated alkanes) is 17. The third-order valence-corrected chi connectivity index (χ3v) is 4.72. The molecule has 0 heterocycles. The Labute approximate surface area is 150 Å². The summed E-state index contributed by atoms with van der Waals surface area (Å²) in [6.07, 6.45) is 23.1. The summed E-state index contributed by atoms with van der Waals surface area (Å²) in [4.78, 5) is 10.2. The molecule has 0 spiro atoms. The van der Waals surface area contributed by atoms with E-state index in [0.717, 1.165) is 12.8 Å². The van der Waals surface area contributed by atoms with E-state index in [1.807, 2.05) is 0 Å². The average Bonchev–Trinajstić information content (AvgIpc) is 2.56. The Hall–Kier alpha value is -0.730. The van der Waals surface area contributed by atoms with Crippen molar-refractivity contribution in [2.24, 2.45) is 0 Å². The number of ether oxygens (including phenoxy) is 1. The Kier molecular flexibility index (Phi) is 19.7. The Balaban J connectivity index is 2.97. The predicted octanol–water partition coefficient (Wildman–Crippen LogP) is 7.72. The molecule has 0 aromatic rings. The first kappa shape index (κ1) is 23.3. The van der Waals surface area contributed by atoms with E-state index in [0.29, 0.717) is 6.61 Å². The van der Waals surface area contributed by atoms with Crippen LogP contribution in [0.15, 0.2) is 0 Å². The fourth-order valence-corrected chi connectivity index (χ4v) is 3.16. The lowest BCUT2D eigenvalue weighted by molar-refractivity contribution is 0.0899. The largest absolute Gasteiger partial charge is 0.505 e. The molecule has 3 heteroatoms. The monoisotopic (exact) mass is 342 g/mol. The van der Waals surface area contributed by atoms with Gasteiger partial charge in [0.1, 0.15) is 0 Å². The molecule has 0 aromatic carbocycles. The Morgan fingerprint density at radius 3 is 1.17 bits per heavy atom. The minimum Gasteiger partial charge on any atom is -0.450 e. The van der Waals surface area contributed by atoms with E-state index in [4.69, 9.17) is 5.11 Å². The maximum absolute atomic E-state index is 10.2. The molecule has 0 amide bonds. The lowest BCUT2D eigenvalue weighted by atomic mass is 10.0. The van der Waals surface area contributed by atoms with Gasteiger partial charge in [0, 0.05) is 0 Å². The first-order valence-electron chi connectivity index (χ1n) is 10.6. The van der Waals surface area contributed by atoms with Crippen LogP contribution < -0.4 is 0 Å². The Bertz CT molecular complexity index is 253. The first-order valence-corrected chi connectivity index (χ1v) is 10.6. The predicted molar refractivity (Wildman–Crippen MR) is 103 cm³/mol. The average molecular weight is 343 g/mol. The van der Waals surface area contributed by atoms with E-state index in [1.54, 1.807) is 0 Å². The summed E-state index contributed by atoms with van der Waals surface area (Å²) in [5, 5.41) is 8.33. The molecule has 0 atom stereocenters. The van der Waals surface area contributed by atoms with Crippen LogP contribution in [0.5, 0.6) is 0 Å². The van der Waals surface area contributed by atoms with Gasteiger partial charge in [-0.3, -0.25) is 0 Å². The minimum atomic E-state index is -1.15. The van der Waals surface area contributed by atoms with E-state index in [1.165, 1.54) is 103 Å². The smallest absolute Gasteiger partial charge is 0.450 e. The molecule has 24 heavy (non-hydrogen) atoms. The van der Waals surface area contributed by atoms with Crippen molar-refractivity contribution < 1.29 is 14.6 Å². The second-order valence-corrected chi connectivity index (χ2v) is 7.12. The molecule has 0 bridgehead atoms. The molecule has 0 rings (SSSR count). The summed E-state index contributed by atoms with van der Waals surface area (Å²) in [5.74, 6) is 0. The van der Waals surface area contributed by atoms with Gasteiger partial charge in [0.2, 0.25) is 0 Å². The zero-order valence-electron chi connectivity index (χ0n) is 16.2. The quantitative estimate of drug-likeness (QED) is 0.193. The van der Waals surface area contributed by atoms with Crippen LogP contribution in [-0.4, -0.2) is 17.9 Å². The summed E-state index contributed by atoms with van der Waals surface area (Å²) >= 11 is 0. The zero-order chi connectivity index (χ0) is 17.7. The van der Waals surface area contributed by atoms with Gasteiger partial charge in [-0.25, -0.2) is 4.79 Å². The first-order chi connectivity index (χ1) is 11.8. The van der Waals surface area contributed by atoms with Gasteiger partial charge in [-0.15, -0.1) is 0 Å². The van der Waals surface area contributed by atoms with E-state index in [-0.39, 0.29) is 0 Å². The van der Waals surface area contributed by atoms with Crippen LogP contribution in [0.25, 0.3) is 0 Å². The van der Waals surface area contributed by atoms with Gasteiger partial charge in [-0.1, -0.05) is 116 Å². The highest BCUT2D eigenvalue weighted by molar-refractivity contribution is 5.56. The van der Waals surface area contributed by atoms with E-state index < -0.39 is 6.16 Å². The summed E-state index contributed by atoms with van der Waals surface area (Å²) in [6, 6.07) is 0. The molecule has 3 nitrogen and oxygen atoms in total. The Morgan fingerprint density at radius 2 is 0.875 bits per heavy atom. The van der Waals surface area contributed by atoms with Gasteiger partial charge in [0.25, 0.3) is 0 Å². The highest BCUT2D eigenvalue weighted by Crippen LogP contribution is 2.14. The van der Waals surface area contributed by atoms with E-state index in [9.17, 15) is 4.79 Å². The number of carbonyl (C=O) groups is 1. The number of hydrogen-bond donors (Lipinski definition) is 1. The summed E-state index contributed by atoms with van der Waals surface area (Å²) in [5.41, 5.74) is 0. The summed E-state index contributed by atoms with van der Waals surface area (Å²) in [7, 11) is 0. The molecule has 0 saturated heterocycles. The maximum atomic E-state index is 10.2. The molecule has 0 unspecified atom stereocenters. The minimum absolute atomic E-state index is 0.355. The fraction of sp³-hybridized carbons (Fsp3) is 0.952. The van der Waals surface area contributed by atoms with Crippen molar-refractivity contribution in [2.75, 3.05) is 6.61 Å². The molecule has 0 aliphatic carbocycles. The van der Waals surface area contributed by atoms with Crippen molar-refractivity contribution in [1.82, 2.24) is 0 Å². The van der Waals surface area contributed by atoms with Crippen LogP contribution >= 0.6 is 0 Å². The van der Waals surface area contributed by atoms with E-state index >= 15 is 0 Å². The second-order valence-electron chi connectivity index (χ2n) is 7.12. The SMILES string of the molecule is CCCCCCCCCCCCCCCCCCCCOC(=O)O. The van der Waals surface area contributed by atoms with Crippen LogP contribution in [0.4, 0.5) is 4.79 Å². The highest BCUT2D eigenvalue weighted by atomic mass is 16.7. The molecule has 144 valence electrons. The molecule has 0 fully saturated rings. The van der Waals surface area contributed by atoms with Crippen molar-refractivity contribution in [2.45, 2.75) is 122 Å². The molecule has 0 saturated carbocycles. The Morgan fingerprint density at radius 1 is 0.583 bits per heavy atom. The van der Waals surface area contributed by atoms with Crippen LogP contribution in [0, 0.1) is 0 Å². The van der Waals surface area contributed by atoms with Gasteiger partial charge in [0.15, 0.2) is 0 Å². The van der Waals surface area contributed by atoms with Crippen molar-refractivity contribution in [1.29, 1.82) is 0 Å². The van der Waals surface area contributed by atoms with Crippen LogP contribution in [-0.2, 0) is 4.74 Å². The molecular formula is C21H42O3. The molecule has 0 aromatic heterocycles. The number of carboxylic acid groups (broad SMARTS) is 1. The maximum Gasteiger partial charge on any atom is 0.505 e. The topological polar surface area (TPSA) is 46.5 Å². The molecule has 1 N–H and O–H groups in total. The fourth-order valence-electron chi connectivity index (χ4n) is 3.16. The third kappa shape index (κ3) is 21.3. The summed E-state index contributed by atoms with van der Waals surface area (Å²) in [6.45, 7) is 2.63. The molecule has 0 radical (unpaired) electrons. The van der Waals surface area contributed by atoms with Crippen LogP contribution in [0.2, 0.25) is 0 Å². The van der Waals surface area contributed by atoms with Crippen LogP contribution in [0.3, 0.4) is 0 Å². The normalized spacial score (nSPS) is 10.9.